The number of amides is 1. The number of halogens is 1. The van der Waals surface area contributed by atoms with Gasteiger partial charge in [0.25, 0.3) is 5.91 Å². The van der Waals surface area contributed by atoms with Gasteiger partial charge in [-0.2, -0.15) is 0 Å². The maximum absolute atomic E-state index is 13.7. The maximum atomic E-state index is 13.7. The van der Waals surface area contributed by atoms with Crippen LogP contribution in [-0.4, -0.2) is 55.3 Å². The first-order valence-corrected chi connectivity index (χ1v) is 9.96. The fraction of sp³-hybridized carbons (Fsp3) is 0.500. The van der Waals surface area contributed by atoms with Crippen molar-refractivity contribution in [1.82, 2.24) is 9.47 Å². The molecule has 3 rings (SSSR count). The van der Waals surface area contributed by atoms with Gasteiger partial charge in [0.15, 0.2) is 0 Å². The van der Waals surface area contributed by atoms with Gasteiger partial charge in [-0.1, -0.05) is 19.1 Å². The number of ether oxygens (including phenoxy) is 1. The summed E-state index contributed by atoms with van der Waals surface area (Å²) in [6.07, 6.45) is 0.904. The highest BCUT2D eigenvalue weighted by atomic mass is 19.1. The fourth-order valence-corrected chi connectivity index (χ4v) is 4.04. The molecule has 1 aromatic heterocycles. The van der Waals surface area contributed by atoms with Crippen molar-refractivity contribution < 1.29 is 13.9 Å². The maximum Gasteiger partial charge on any atom is 0.270 e. The Morgan fingerprint density at radius 3 is 2.61 bits per heavy atom. The minimum Gasteiger partial charge on any atom is -0.378 e. The van der Waals surface area contributed by atoms with E-state index in [1.54, 1.807) is 11.0 Å². The number of rotatable bonds is 6. The molecule has 0 unspecified atom stereocenters. The Morgan fingerprint density at radius 1 is 1.25 bits per heavy atom. The second-order valence-corrected chi connectivity index (χ2v) is 7.45. The van der Waals surface area contributed by atoms with E-state index in [-0.39, 0.29) is 11.7 Å². The molecule has 0 saturated carbocycles. The summed E-state index contributed by atoms with van der Waals surface area (Å²) in [5.74, 6) is -0.248. The summed E-state index contributed by atoms with van der Waals surface area (Å²) in [4.78, 5) is 17.3. The van der Waals surface area contributed by atoms with Crippen molar-refractivity contribution in [3.05, 3.63) is 52.6 Å². The summed E-state index contributed by atoms with van der Waals surface area (Å²) in [7, 11) is 1.84. The van der Waals surface area contributed by atoms with Crippen LogP contribution in [0.15, 0.2) is 24.3 Å². The second-order valence-electron chi connectivity index (χ2n) is 7.45. The Hall–Kier alpha value is -2.34. The van der Waals surface area contributed by atoms with Crippen molar-refractivity contribution >= 4 is 11.6 Å². The zero-order valence-electron chi connectivity index (χ0n) is 17.3. The van der Waals surface area contributed by atoms with Crippen molar-refractivity contribution in [2.24, 2.45) is 0 Å². The number of carbonyl (C=O) groups excluding carboxylic acids is 1. The SMILES string of the molecule is CCCN(C)C(=O)c1c(C)c(N2CCOCC2)c(C)n1Cc1cccc(F)c1. The van der Waals surface area contributed by atoms with Crippen molar-refractivity contribution in [3.8, 4) is 0 Å². The lowest BCUT2D eigenvalue weighted by Gasteiger charge is -2.29. The monoisotopic (exact) mass is 387 g/mol. The molecule has 2 heterocycles. The largest absolute Gasteiger partial charge is 0.378 e. The number of nitrogens with zero attached hydrogens (tertiary/aromatic N) is 3. The van der Waals surface area contributed by atoms with Gasteiger partial charge in [0, 0.05) is 44.5 Å². The lowest BCUT2D eigenvalue weighted by molar-refractivity contribution is 0.0784. The van der Waals surface area contributed by atoms with E-state index in [0.29, 0.717) is 32.0 Å². The van der Waals surface area contributed by atoms with Crippen LogP contribution in [0.5, 0.6) is 0 Å². The van der Waals surface area contributed by atoms with E-state index in [1.165, 1.54) is 12.1 Å². The quantitative estimate of drug-likeness (QED) is 0.760. The zero-order valence-corrected chi connectivity index (χ0v) is 17.3. The van der Waals surface area contributed by atoms with E-state index in [1.807, 2.05) is 31.5 Å². The van der Waals surface area contributed by atoms with E-state index in [9.17, 15) is 9.18 Å². The van der Waals surface area contributed by atoms with E-state index in [0.717, 1.165) is 42.0 Å². The van der Waals surface area contributed by atoms with Crippen molar-refractivity contribution in [2.75, 3.05) is 44.8 Å². The van der Waals surface area contributed by atoms with Crippen LogP contribution in [0, 0.1) is 19.7 Å². The predicted molar refractivity (Wildman–Crippen MR) is 110 cm³/mol. The molecule has 0 aliphatic carbocycles. The molecule has 1 fully saturated rings. The number of carbonyl (C=O) groups is 1. The Labute approximate surface area is 166 Å². The smallest absolute Gasteiger partial charge is 0.270 e. The molecule has 0 bridgehead atoms. The molecular formula is C22H30FN3O2. The van der Waals surface area contributed by atoms with Gasteiger partial charge in [-0.15, -0.1) is 0 Å². The van der Waals surface area contributed by atoms with Crippen molar-refractivity contribution in [1.29, 1.82) is 0 Å². The average Bonchev–Trinajstić information content (AvgIpc) is 2.92. The molecule has 1 amide bonds. The molecule has 6 heteroatoms. The van der Waals surface area contributed by atoms with Crippen molar-refractivity contribution in [3.63, 3.8) is 0 Å². The molecule has 0 atom stereocenters. The van der Waals surface area contributed by atoms with Gasteiger partial charge in [0.2, 0.25) is 0 Å². The molecule has 1 aliphatic rings. The molecule has 5 nitrogen and oxygen atoms in total. The minimum atomic E-state index is -0.261. The highest BCUT2D eigenvalue weighted by Gasteiger charge is 2.28. The summed E-state index contributed by atoms with van der Waals surface area (Å²) in [6.45, 7) is 10.3. The Morgan fingerprint density at radius 2 is 1.96 bits per heavy atom. The van der Waals surface area contributed by atoms with Gasteiger partial charge in [0.1, 0.15) is 11.5 Å². The summed E-state index contributed by atoms with van der Waals surface area (Å²) in [5.41, 5.74) is 4.67. The Balaban J connectivity index is 2.07. The van der Waals surface area contributed by atoms with Crippen LogP contribution >= 0.6 is 0 Å². The molecule has 28 heavy (non-hydrogen) atoms. The molecular weight excluding hydrogens is 357 g/mol. The van der Waals surface area contributed by atoms with Crippen LogP contribution < -0.4 is 4.90 Å². The van der Waals surface area contributed by atoms with Gasteiger partial charge in [-0.05, 0) is 38.0 Å². The van der Waals surface area contributed by atoms with Crippen molar-refractivity contribution in [2.45, 2.75) is 33.7 Å². The lowest BCUT2D eigenvalue weighted by atomic mass is 10.1. The van der Waals surface area contributed by atoms with Crippen LogP contribution in [-0.2, 0) is 11.3 Å². The lowest BCUT2D eigenvalue weighted by Crippen LogP contribution is -2.36. The molecule has 152 valence electrons. The summed E-state index contributed by atoms with van der Waals surface area (Å²) < 4.78 is 21.3. The first kappa shape index (κ1) is 20.4. The number of hydrogen-bond donors (Lipinski definition) is 0. The molecule has 0 radical (unpaired) electrons. The van der Waals surface area contributed by atoms with Gasteiger partial charge in [0.05, 0.1) is 18.9 Å². The van der Waals surface area contributed by atoms with Crippen LogP contribution in [0.1, 0.15) is 40.7 Å². The zero-order chi connectivity index (χ0) is 20.3. The standard InChI is InChI=1S/C22H30FN3O2/c1-5-9-24(4)22(27)21-16(2)20(25-10-12-28-13-11-25)17(3)26(21)15-18-7-6-8-19(23)14-18/h6-8,14H,5,9-13,15H2,1-4H3. The van der Waals surface area contributed by atoms with Gasteiger partial charge >= 0.3 is 0 Å². The average molecular weight is 387 g/mol. The summed E-state index contributed by atoms with van der Waals surface area (Å²) in [5, 5.41) is 0. The normalized spacial score (nSPS) is 14.4. The summed E-state index contributed by atoms with van der Waals surface area (Å²) in [6, 6.07) is 6.59. The first-order chi connectivity index (χ1) is 13.4. The van der Waals surface area contributed by atoms with E-state index in [4.69, 9.17) is 4.74 Å². The molecule has 2 aromatic rings. The van der Waals surface area contributed by atoms with E-state index >= 15 is 0 Å². The van der Waals surface area contributed by atoms with E-state index in [2.05, 4.69) is 11.8 Å². The minimum absolute atomic E-state index is 0.0124. The molecule has 0 spiro atoms. The first-order valence-electron chi connectivity index (χ1n) is 9.96. The van der Waals surface area contributed by atoms with Crippen LogP contribution in [0.25, 0.3) is 0 Å². The van der Waals surface area contributed by atoms with Crippen LogP contribution in [0.3, 0.4) is 0 Å². The second kappa shape index (κ2) is 8.78. The molecule has 1 saturated heterocycles. The fourth-order valence-electron chi connectivity index (χ4n) is 4.04. The third kappa shape index (κ3) is 4.07. The third-order valence-electron chi connectivity index (χ3n) is 5.39. The number of aromatic nitrogens is 1. The number of benzene rings is 1. The highest BCUT2D eigenvalue weighted by molar-refractivity contribution is 5.96. The Bertz CT molecular complexity index is 841. The number of hydrogen-bond acceptors (Lipinski definition) is 3. The van der Waals surface area contributed by atoms with Gasteiger partial charge in [-0.25, -0.2) is 4.39 Å². The van der Waals surface area contributed by atoms with Gasteiger partial charge in [-0.3, -0.25) is 4.79 Å². The topological polar surface area (TPSA) is 37.7 Å². The summed E-state index contributed by atoms with van der Waals surface area (Å²) >= 11 is 0. The van der Waals surface area contributed by atoms with Crippen LogP contribution in [0.2, 0.25) is 0 Å². The number of morpholine rings is 1. The predicted octanol–water partition coefficient (Wildman–Crippen LogP) is 3.61. The highest BCUT2D eigenvalue weighted by Crippen LogP contribution is 2.33. The third-order valence-corrected chi connectivity index (χ3v) is 5.39. The Kier molecular flexibility index (Phi) is 6.39. The molecule has 1 aromatic carbocycles. The molecule has 1 aliphatic heterocycles. The van der Waals surface area contributed by atoms with Crippen LogP contribution in [0.4, 0.5) is 10.1 Å². The number of anilines is 1. The van der Waals surface area contributed by atoms with Gasteiger partial charge < -0.3 is 19.1 Å². The molecule has 0 N–H and O–H groups in total. The van der Waals surface area contributed by atoms with E-state index < -0.39 is 0 Å².